The maximum absolute atomic E-state index is 12.4. The van der Waals surface area contributed by atoms with E-state index in [0.29, 0.717) is 5.92 Å². The minimum absolute atomic E-state index is 0. The van der Waals surface area contributed by atoms with E-state index in [1.165, 1.54) is 17.7 Å². The van der Waals surface area contributed by atoms with Gasteiger partial charge in [0.15, 0.2) is 0 Å². The van der Waals surface area contributed by atoms with Crippen LogP contribution in [0.25, 0.3) is 0 Å². The van der Waals surface area contributed by atoms with Gasteiger partial charge in [0.2, 0.25) is 0 Å². The van der Waals surface area contributed by atoms with E-state index in [4.69, 9.17) is 0 Å². The predicted molar refractivity (Wildman–Crippen MR) is 109 cm³/mol. The Labute approximate surface area is 187 Å². The Kier molecular flexibility index (Phi) is 20.6. The molecule has 1 radical (unpaired) electrons. The van der Waals surface area contributed by atoms with Gasteiger partial charge in [-0.2, -0.15) is 0 Å². The summed E-state index contributed by atoms with van der Waals surface area (Å²) in [5.74, 6) is 0.324. The van der Waals surface area contributed by atoms with Gasteiger partial charge in [0.1, 0.15) is 5.82 Å². The van der Waals surface area contributed by atoms with Gasteiger partial charge in [-0.3, -0.25) is 4.79 Å². The van der Waals surface area contributed by atoms with E-state index in [9.17, 15) is 9.18 Å². The second kappa shape index (κ2) is 15.9. The molecule has 1 aromatic heterocycles. The van der Waals surface area contributed by atoms with Crippen molar-refractivity contribution in [2.45, 2.75) is 61.9 Å². The van der Waals surface area contributed by atoms with Crippen LogP contribution in [0.2, 0.25) is 0 Å². The summed E-state index contributed by atoms with van der Waals surface area (Å²) in [4.78, 5) is 11.2. The van der Waals surface area contributed by atoms with Crippen LogP contribution in [-0.2, 0) is 32.7 Å². The molecule has 2 nitrogen and oxygen atoms in total. The van der Waals surface area contributed by atoms with Gasteiger partial charge in [0, 0.05) is 55.5 Å². The molecule has 0 amide bonds. The number of aromatic nitrogens is 1. The van der Waals surface area contributed by atoms with E-state index < -0.39 is 0 Å². The number of halogens is 2. The molecule has 0 fully saturated rings. The normalized spacial score (nSPS) is 8.80. The number of benzene rings is 1. The van der Waals surface area contributed by atoms with E-state index >= 15 is 0 Å². The summed E-state index contributed by atoms with van der Waals surface area (Å²) < 4.78 is 15.0. The Balaban J connectivity index is -0.000000152. The average Bonchev–Trinajstić information content (AvgIpc) is 2.42. The van der Waals surface area contributed by atoms with Crippen molar-refractivity contribution in [3.8, 4) is 0 Å². The molecule has 0 aliphatic rings. The first-order valence-electron chi connectivity index (χ1n) is 6.94. The summed E-state index contributed by atoms with van der Waals surface area (Å²) in [6, 6.07) is 10.2. The quantitative estimate of drug-likeness (QED) is 0.442. The molecule has 0 unspecified atom stereocenters. The van der Waals surface area contributed by atoms with Gasteiger partial charge in [0.05, 0.1) is 0 Å². The average molecular weight is 491 g/mol. The van der Waals surface area contributed by atoms with E-state index in [2.05, 4.69) is 29.8 Å². The number of nitrogens with zero attached hydrogens (tertiary/aromatic N) is 1. The molecule has 0 aliphatic heterocycles. The summed E-state index contributed by atoms with van der Waals surface area (Å²) in [5.41, 5.74) is 1.23. The minimum Gasteiger partial charge on any atom is -0.312 e. The van der Waals surface area contributed by atoms with Crippen molar-refractivity contribution in [1.82, 2.24) is 4.57 Å². The van der Waals surface area contributed by atoms with Gasteiger partial charge in [-0.15, -0.1) is 0 Å². The molecule has 141 valence electrons. The van der Waals surface area contributed by atoms with Gasteiger partial charge >= 0.3 is 0 Å². The summed E-state index contributed by atoms with van der Waals surface area (Å²) in [6.45, 7) is 8.14. The minimum atomic E-state index is -0.163. The molecule has 0 bridgehead atoms. The van der Waals surface area contributed by atoms with Crippen LogP contribution in [0, 0.1) is 5.82 Å². The zero-order chi connectivity index (χ0) is 16.0. The molecule has 5 heteroatoms. The summed E-state index contributed by atoms with van der Waals surface area (Å²) in [6.07, 6.45) is 1.80. The zero-order valence-corrected chi connectivity index (χ0v) is 17.8. The number of hydrogen-bond acceptors (Lipinski definition) is 1. The molecular weight excluding hydrogens is 458 g/mol. The van der Waals surface area contributed by atoms with Gasteiger partial charge in [0.25, 0.3) is 5.56 Å². The Bertz CT molecular complexity index is 624. The van der Waals surface area contributed by atoms with Crippen molar-refractivity contribution < 1.29 is 37.1 Å². The molecule has 25 heavy (non-hydrogen) atoms. The first-order valence-corrected chi connectivity index (χ1v) is 7.73. The fraction of sp³-hybridized carbons (Fsp3) is 0.450. The van der Waals surface area contributed by atoms with Crippen LogP contribution in [0.1, 0.15) is 67.5 Å². The Morgan fingerprint density at radius 2 is 1.40 bits per heavy atom. The molecule has 0 saturated carbocycles. The van der Waals surface area contributed by atoms with Crippen molar-refractivity contribution in [2.24, 2.45) is 0 Å². The molecular formula is C20H33BrFNOY. The summed E-state index contributed by atoms with van der Waals surface area (Å²) >= 11 is 3.30. The molecule has 1 aromatic carbocycles. The fourth-order valence-corrected chi connectivity index (χ4v) is 2.08. The van der Waals surface area contributed by atoms with E-state index in [-0.39, 0.29) is 72.4 Å². The van der Waals surface area contributed by atoms with Gasteiger partial charge in [-0.05, 0) is 59.5 Å². The van der Waals surface area contributed by atoms with Crippen LogP contribution in [0.15, 0.2) is 51.9 Å². The zero-order valence-electron chi connectivity index (χ0n) is 13.4. The van der Waals surface area contributed by atoms with Crippen LogP contribution < -0.4 is 5.56 Å². The number of hydrogen-bond donors (Lipinski definition) is 0. The van der Waals surface area contributed by atoms with Crippen molar-refractivity contribution in [3.63, 3.8) is 0 Å². The third-order valence-electron chi connectivity index (χ3n) is 3.00. The topological polar surface area (TPSA) is 22.0 Å². The third-order valence-corrected chi connectivity index (χ3v) is 3.46. The first-order chi connectivity index (χ1) is 9.81. The van der Waals surface area contributed by atoms with Crippen LogP contribution in [-0.4, -0.2) is 4.57 Å². The standard InChI is InChI=1S/C9H11F.C8H10BrNO.3CH4.Y/c1-7(2)8-3-5-9(10)6-4-8;1-6(2)10-5-7(9)3-4-8(10)11;;;;/h3-7H,1-2H3;3-6H,1-2H3;3*1H4;. The molecule has 0 saturated heterocycles. The van der Waals surface area contributed by atoms with Gasteiger partial charge in [-0.25, -0.2) is 4.39 Å². The summed E-state index contributed by atoms with van der Waals surface area (Å²) in [7, 11) is 0. The van der Waals surface area contributed by atoms with E-state index in [1.54, 1.807) is 22.9 Å². The predicted octanol–water partition coefficient (Wildman–Crippen LogP) is 7.05. The molecule has 1 heterocycles. The van der Waals surface area contributed by atoms with Crippen molar-refractivity contribution in [1.29, 1.82) is 0 Å². The van der Waals surface area contributed by atoms with Crippen LogP contribution in [0.4, 0.5) is 4.39 Å². The molecule has 0 atom stereocenters. The van der Waals surface area contributed by atoms with Crippen LogP contribution in [0.5, 0.6) is 0 Å². The van der Waals surface area contributed by atoms with Crippen LogP contribution in [0.3, 0.4) is 0 Å². The Morgan fingerprint density at radius 1 is 0.920 bits per heavy atom. The molecule has 0 N–H and O–H groups in total. The number of rotatable bonds is 2. The van der Waals surface area contributed by atoms with Gasteiger partial charge < -0.3 is 4.57 Å². The Hall–Kier alpha value is -0.316. The van der Waals surface area contributed by atoms with Crippen molar-refractivity contribution in [3.05, 3.63) is 68.8 Å². The monoisotopic (exact) mass is 490 g/mol. The van der Waals surface area contributed by atoms with Gasteiger partial charge in [-0.1, -0.05) is 48.3 Å². The maximum Gasteiger partial charge on any atom is 0.250 e. The Morgan fingerprint density at radius 3 is 1.76 bits per heavy atom. The fourth-order valence-electron chi connectivity index (χ4n) is 1.73. The van der Waals surface area contributed by atoms with E-state index in [1.807, 2.05) is 26.0 Å². The molecule has 2 rings (SSSR count). The van der Waals surface area contributed by atoms with Crippen LogP contribution >= 0.6 is 15.9 Å². The second-order valence-corrected chi connectivity index (χ2v) is 6.31. The van der Waals surface area contributed by atoms with E-state index in [0.717, 1.165) is 4.47 Å². The number of pyridine rings is 1. The smallest absolute Gasteiger partial charge is 0.250 e. The summed E-state index contributed by atoms with van der Waals surface area (Å²) in [5, 5.41) is 0. The second-order valence-electron chi connectivity index (χ2n) is 5.39. The molecule has 0 spiro atoms. The SMILES string of the molecule is C.C.C.CC(C)c1ccc(F)cc1.CC(C)n1cc(Br)ccc1=O.[Y]. The third kappa shape index (κ3) is 11.8. The first kappa shape index (κ1) is 32.4. The molecule has 2 aromatic rings. The maximum atomic E-state index is 12.4. The molecule has 0 aliphatic carbocycles. The van der Waals surface area contributed by atoms with Crippen molar-refractivity contribution in [2.75, 3.05) is 0 Å². The largest absolute Gasteiger partial charge is 0.312 e. The van der Waals surface area contributed by atoms with Crippen molar-refractivity contribution >= 4 is 15.9 Å².